The number of benzene rings is 2. The monoisotopic (exact) mass is 297 g/mol. The van der Waals surface area contributed by atoms with E-state index in [0.29, 0.717) is 28.2 Å². The highest BCUT2D eigenvalue weighted by Crippen LogP contribution is 2.40. The number of hydrogen-bond acceptors (Lipinski definition) is 5. The third kappa shape index (κ3) is 1.83. The van der Waals surface area contributed by atoms with Crippen LogP contribution in [-0.4, -0.2) is 25.8 Å². The van der Waals surface area contributed by atoms with Gasteiger partial charge in [0.1, 0.15) is 11.5 Å². The van der Waals surface area contributed by atoms with Crippen molar-refractivity contribution < 1.29 is 19.1 Å². The van der Waals surface area contributed by atoms with Crippen molar-refractivity contribution in [2.75, 3.05) is 14.2 Å². The number of nitrogens with two attached hydrogens (primary N) is 1. The van der Waals surface area contributed by atoms with Gasteiger partial charge in [-0.1, -0.05) is 24.3 Å². The molecule has 0 fully saturated rings. The summed E-state index contributed by atoms with van der Waals surface area (Å²) in [6, 6.07) is 8.32. The van der Waals surface area contributed by atoms with E-state index in [1.54, 1.807) is 30.3 Å². The maximum atomic E-state index is 12.8. The molecule has 0 atom stereocenters. The molecular weight excluding hydrogens is 282 g/mol. The van der Waals surface area contributed by atoms with Gasteiger partial charge in [-0.3, -0.25) is 9.59 Å². The number of hydrogen-bond donors (Lipinski definition) is 1. The minimum absolute atomic E-state index is 0.142. The first-order chi connectivity index (χ1) is 10.6. The van der Waals surface area contributed by atoms with E-state index in [1.807, 2.05) is 0 Å². The standard InChI is InChI=1S/C17H15NO4/c1-21-13-7-11-14(17(22-2)12(13)8-18)16(20)10-6-4-3-5-9(10)15(11)19/h3-7H,8,18H2,1-2H3. The second-order valence-corrected chi connectivity index (χ2v) is 4.92. The minimum Gasteiger partial charge on any atom is -0.496 e. The van der Waals surface area contributed by atoms with Crippen molar-refractivity contribution in [3.63, 3.8) is 0 Å². The molecule has 0 radical (unpaired) electrons. The van der Waals surface area contributed by atoms with E-state index in [4.69, 9.17) is 15.2 Å². The van der Waals surface area contributed by atoms with Gasteiger partial charge in [-0.15, -0.1) is 0 Å². The lowest BCUT2D eigenvalue weighted by molar-refractivity contribution is 0.0976. The largest absolute Gasteiger partial charge is 0.496 e. The zero-order valence-electron chi connectivity index (χ0n) is 12.3. The first-order valence-electron chi connectivity index (χ1n) is 6.80. The number of ketones is 2. The van der Waals surface area contributed by atoms with Gasteiger partial charge in [0.15, 0.2) is 11.6 Å². The fourth-order valence-electron chi connectivity index (χ4n) is 2.84. The molecule has 22 heavy (non-hydrogen) atoms. The molecule has 0 heterocycles. The van der Waals surface area contributed by atoms with E-state index in [1.165, 1.54) is 14.2 Å². The summed E-state index contributed by atoms with van der Waals surface area (Å²) >= 11 is 0. The van der Waals surface area contributed by atoms with E-state index < -0.39 is 0 Å². The van der Waals surface area contributed by atoms with Gasteiger partial charge in [-0.05, 0) is 6.07 Å². The second kappa shape index (κ2) is 5.27. The normalized spacial score (nSPS) is 12.7. The van der Waals surface area contributed by atoms with Crippen molar-refractivity contribution in [3.8, 4) is 11.5 Å². The lowest BCUT2D eigenvalue weighted by Gasteiger charge is -2.23. The lowest BCUT2D eigenvalue weighted by atomic mass is 9.82. The van der Waals surface area contributed by atoms with Gasteiger partial charge < -0.3 is 15.2 Å². The molecule has 2 N–H and O–H groups in total. The maximum absolute atomic E-state index is 12.8. The van der Waals surface area contributed by atoms with Crippen molar-refractivity contribution >= 4 is 11.6 Å². The van der Waals surface area contributed by atoms with Crippen LogP contribution >= 0.6 is 0 Å². The van der Waals surface area contributed by atoms with Gasteiger partial charge in [0.2, 0.25) is 0 Å². The smallest absolute Gasteiger partial charge is 0.198 e. The predicted molar refractivity (Wildman–Crippen MR) is 80.7 cm³/mol. The average molecular weight is 297 g/mol. The molecule has 5 nitrogen and oxygen atoms in total. The van der Waals surface area contributed by atoms with Crippen LogP contribution in [0.25, 0.3) is 0 Å². The number of carbonyl (C=O) groups excluding carboxylic acids is 2. The maximum Gasteiger partial charge on any atom is 0.198 e. The van der Waals surface area contributed by atoms with Gasteiger partial charge >= 0.3 is 0 Å². The van der Waals surface area contributed by atoms with Crippen molar-refractivity contribution in [3.05, 3.63) is 58.1 Å². The van der Waals surface area contributed by atoms with Gasteiger partial charge in [-0.2, -0.15) is 0 Å². The summed E-state index contributed by atoms with van der Waals surface area (Å²) in [7, 11) is 2.94. The van der Waals surface area contributed by atoms with Crippen LogP contribution in [0.4, 0.5) is 0 Å². The van der Waals surface area contributed by atoms with Gasteiger partial charge in [0.05, 0.1) is 25.3 Å². The molecule has 112 valence electrons. The molecule has 0 aromatic heterocycles. The zero-order valence-corrected chi connectivity index (χ0v) is 12.3. The predicted octanol–water partition coefficient (Wildman–Crippen LogP) is 1.94. The highest BCUT2D eigenvalue weighted by molar-refractivity contribution is 6.29. The molecule has 0 bridgehead atoms. The van der Waals surface area contributed by atoms with Crippen LogP contribution in [-0.2, 0) is 6.54 Å². The summed E-state index contributed by atoms with van der Waals surface area (Å²) in [5, 5.41) is 0. The van der Waals surface area contributed by atoms with Crippen LogP contribution in [0.2, 0.25) is 0 Å². The van der Waals surface area contributed by atoms with Crippen LogP contribution in [0, 0.1) is 0 Å². The third-order valence-corrected chi connectivity index (χ3v) is 3.86. The SMILES string of the molecule is COc1cc2c(c(OC)c1CN)C(=O)c1ccccc1C2=O. The highest BCUT2D eigenvalue weighted by Gasteiger charge is 2.34. The second-order valence-electron chi connectivity index (χ2n) is 4.92. The van der Waals surface area contributed by atoms with Crippen molar-refractivity contribution in [2.45, 2.75) is 6.54 Å². The number of rotatable bonds is 3. The third-order valence-electron chi connectivity index (χ3n) is 3.86. The Morgan fingerprint density at radius 2 is 1.59 bits per heavy atom. The summed E-state index contributed by atoms with van der Waals surface area (Å²) in [5.41, 5.74) is 7.65. The number of ether oxygens (including phenoxy) is 2. The van der Waals surface area contributed by atoms with E-state index in [2.05, 4.69) is 0 Å². The fourth-order valence-corrected chi connectivity index (χ4v) is 2.84. The molecule has 2 aromatic rings. The Bertz CT molecular complexity index is 795. The molecule has 1 aliphatic carbocycles. The van der Waals surface area contributed by atoms with Crippen molar-refractivity contribution in [2.24, 2.45) is 5.73 Å². The Kier molecular flexibility index (Phi) is 3.42. The Hall–Kier alpha value is -2.66. The minimum atomic E-state index is -0.237. The summed E-state index contributed by atoms with van der Waals surface area (Å²) < 4.78 is 10.7. The Labute approximate surface area is 127 Å². The first kappa shape index (κ1) is 14.3. The number of carbonyl (C=O) groups is 2. The van der Waals surface area contributed by atoms with Crippen LogP contribution in [0.3, 0.4) is 0 Å². The molecule has 0 amide bonds. The lowest BCUT2D eigenvalue weighted by Crippen LogP contribution is -2.23. The molecule has 0 aliphatic heterocycles. The van der Waals surface area contributed by atoms with Crippen LogP contribution in [0.5, 0.6) is 11.5 Å². The number of methoxy groups -OCH3 is 2. The Morgan fingerprint density at radius 1 is 0.955 bits per heavy atom. The highest BCUT2D eigenvalue weighted by atomic mass is 16.5. The topological polar surface area (TPSA) is 78.6 Å². The van der Waals surface area contributed by atoms with E-state index >= 15 is 0 Å². The molecular formula is C17H15NO4. The number of fused-ring (bicyclic) bond motifs is 2. The Balaban J connectivity index is 2.37. The summed E-state index contributed by atoms with van der Waals surface area (Å²) in [6.45, 7) is 0.142. The van der Waals surface area contributed by atoms with E-state index in [0.717, 1.165) is 0 Å². The average Bonchev–Trinajstić information content (AvgIpc) is 2.57. The van der Waals surface area contributed by atoms with Gasteiger partial charge in [0.25, 0.3) is 0 Å². The van der Waals surface area contributed by atoms with Crippen molar-refractivity contribution in [1.29, 1.82) is 0 Å². The van der Waals surface area contributed by atoms with Gasteiger partial charge in [0, 0.05) is 23.2 Å². The molecule has 0 saturated carbocycles. The molecule has 0 spiro atoms. The molecule has 3 rings (SSSR count). The van der Waals surface area contributed by atoms with Crippen LogP contribution < -0.4 is 15.2 Å². The quantitative estimate of drug-likeness (QED) is 0.799. The molecule has 0 saturated heterocycles. The Morgan fingerprint density at radius 3 is 2.14 bits per heavy atom. The summed E-state index contributed by atoms with van der Waals surface area (Å²) in [4.78, 5) is 25.5. The first-order valence-corrected chi connectivity index (χ1v) is 6.80. The molecule has 0 unspecified atom stereocenters. The molecule has 2 aromatic carbocycles. The van der Waals surface area contributed by atoms with Crippen molar-refractivity contribution in [1.82, 2.24) is 0 Å². The van der Waals surface area contributed by atoms with Crippen LogP contribution in [0.1, 0.15) is 37.4 Å². The van der Waals surface area contributed by atoms with Crippen LogP contribution in [0.15, 0.2) is 30.3 Å². The van der Waals surface area contributed by atoms with E-state index in [9.17, 15) is 9.59 Å². The molecule has 5 heteroatoms. The van der Waals surface area contributed by atoms with Gasteiger partial charge in [-0.25, -0.2) is 0 Å². The molecule has 1 aliphatic rings. The zero-order chi connectivity index (χ0) is 15.9. The van der Waals surface area contributed by atoms with E-state index in [-0.39, 0.29) is 29.2 Å². The summed E-state index contributed by atoms with van der Waals surface area (Å²) in [5.74, 6) is 0.299. The summed E-state index contributed by atoms with van der Waals surface area (Å²) in [6.07, 6.45) is 0. The fraction of sp³-hybridized carbons (Fsp3) is 0.176.